The smallest absolute Gasteiger partial charge is 0.258 e. The molecule has 5 heteroatoms. The minimum Gasteiger partial charge on any atom is -0.399 e. The summed E-state index contributed by atoms with van der Waals surface area (Å²) in [6.07, 6.45) is 0. The molecule has 1 aromatic heterocycles. The van der Waals surface area contributed by atoms with E-state index >= 15 is 0 Å². The molecule has 0 spiro atoms. The lowest BCUT2D eigenvalue weighted by Gasteiger charge is -2.01. The monoisotopic (exact) mass is 249 g/mol. The van der Waals surface area contributed by atoms with Crippen LogP contribution in [0.4, 0.5) is 5.69 Å². The average molecular weight is 249 g/mol. The Labute approximate surface area is 105 Å². The van der Waals surface area contributed by atoms with E-state index in [9.17, 15) is 0 Å². The molecule has 90 valence electrons. The lowest BCUT2D eigenvalue weighted by atomic mass is 10.1. The number of anilines is 1. The molecule has 4 nitrogen and oxygen atoms in total. The minimum absolute atomic E-state index is 0.564. The van der Waals surface area contributed by atoms with Crippen LogP contribution >= 0.6 is 11.8 Å². The molecule has 0 saturated carbocycles. The number of aryl methyl sites for hydroxylation is 1. The normalized spacial score (nSPS) is 10.7. The fraction of sp³-hybridized carbons (Fsp3) is 0.333. The van der Waals surface area contributed by atoms with Gasteiger partial charge in [0.2, 0.25) is 0 Å². The van der Waals surface area contributed by atoms with Gasteiger partial charge in [0.05, 0.1) is 5.75 Å². The van der Waals surface area contributed by atoms with Crippen LogP contribution in [0.2, 0.25) is 0 Å². The Balaban J connectivity index is 2.24. The summed E-state index contributed by atoms with van der Waals surface area (Å²) in [6.45, 7) is 4.09. The Kier molecular flexibility index (Phi) is 3.68. The summed E-state index contributed by atoms with van der Waals surface area (Å²) in [4.78, 5) is 4.37. The number of aromatic nitrogens is 2. The fourth-order valence-electron chi connectivity index (χ4n) is 1.54. The summed E-state index contributed by atoms with van der Waals surface area (Å²) >= 11 is 1.77. The van der Waals surface area contributed by atoms with Gasteiger partial charge in [-0.2, -0.15) is 16.7 Å². The average Bonchev–Trinajstić information content (AvgIpc) is 2.75. The van der Waals surface area contributed by atoms with Crippen molar-refractivity contribution < 1.29 is 4.52 Å². The summed E-state index contributed by atoms with van der Waals surface area (Å²) in [6, 6.07) is 5.65. The second-order valence-corrected chi connectivity index (χ2v) is 5.00. The maximum absolute atomic E-state index is 5.71. The molecule has 0 bridgehead atoms. The highest BCUT2D eigenvalue weighted by Gasteiger charge is 2.10. The number of benzene rings is 1. The molecule has 0 unspecified atom stereocenters. The first-order valence-electron chi connectivity index (χ1n) is 5.47. The quantitative estimate of drug-likeness (QED) is 0.844. The zero-order valence-electron chi connectivity index (χ0n) is 9.93. The summed E-state index contributed by atoms with van der Waals surface area (Å²) in [5.41, 5.74) is 8.44. The number of rotatable bonds is 4. The van der Waals surface area contributed by atoms with Gasteiger partial charge in [-0.3, -0.25) is 0 Å². The van der Waals surface area contributed by atoms with E-state index in [-0.39, 0.29) is 0 Å². The number of thioether (sulfide) groups is 1. The molecule has 0 amide bonds. The van der Waals surface area contributed by atoms with Crippen LogP contribution in [-0.2, 0) is 5.75 Å². The van der Waals surface area contributed by atoms with Crippen molar-refractivity contribution in [2.45, 2.75) is 19.6 Å². The molecular formula is C12H15N3OS. The number of hydrogen-bond donors (Lipinski definition) is 1. The highest BCUT2D eigenvalue weighted by atomic mass is 32.2. The Hall–Kier alpha value is -1.49. The Morgan fingerprint density at radius 1 is 1.41 bits per heavy atom. The standard InChI is InChI=1S/C12H15N3OS/c1-3-17-7-11-14-12(16-15-11)10-5-4-9(13)6-8(10)2/h4-6H,3,7,13H2,1-2H3. The van der Waals surface area contributed by atoms with Crippen LogP contribution in [0.25, 0.3) is 11.5 Å². The van der Waals surface area contributed by atoms with Crippen LogP contribution < -0.4 is 5.73 Å². The van der Waals surface area contributed by atoms with Gasteiger partial charge in [-0.05, 0) is 36.4 Å². The summed E-state index contributed by atoms with van der Waals surface area (Å²) in [5.74, 6) is 3.14. The van der Waals surface area contributed by atoms with E-state index in [2.05, 4.69) is 17.1 Å². The van der Waals surface area contributed by atoms with Crippen molar-refractivity contribution in [1.82, 2.24) is 10.1 Å². The van der Waals surface area contributed by atoms with Gasteiger partial charge in [-0.25, -0.2) is 0 Å². The van der Waals surface area contributed by atoms with Crippen LogP contribution in [0.15, 0.2) is 22.7 Å². The number of nitrogens with two attached hydrogens (primary N) is 1. The van der Waals surface area contributed by atoms with Crippen LogP contribution in [0.5, 0.6) is 0 Å². The zero-order chi connectivity index (χ0) is 12.3. The van der Waals surface area contributed by atoms with E-state index in [1.165, 1.54) is 0 Å². The number of hydrogen-bond acceptors (Lipinski definition) is 5. The van der Waals surface area contributed by atoms with Gasteiger partial charge in [0.25, 0.3) is 5.89 Å². The molecule has 2 N–H and O–H groups in total. The van der Waals surface area contributed by atoms with Crippen molar-refractivity contribution in [3.8, 4) is 11.5 Å². The molecule has 0 aliphatic carbocycles. The first-order valence-corrected chi connectivity index (χ1v) is 6.63. The molecule has 0 aliphatic rings. The van der Waals surface area contributed by atoms with Crippen molar-refractivity contribution in [1.29, 1.82) is 0 Å². The van der Waals surface area contributed by atoms with E-state index < -0.39 is 0 Å². The summed E-state index contributed by atoms with van der Waals surface area (Å²) < 4.78 is 5.25. The third-order valence-electron chi connectivity index (χ3n) is 2.38. The van der Waals surface area contributed by atoms with Crippen molar-refractivity contribution in [3.05, 3.63) is 29.6 Å². The maximum atomic E-state index is 5.71. The van der Waals surface area contributed by atoms with E-state index in [1.807, 2.05) is 25.1 Å². The summed E-state index contributed by atoms with van der Waals surface area (Å²) in [5, 5.41) is 3.96. The van der Waals surface area contributed by atoms with Gasteiger partial charge >= 0.3 is 0 Å². The van der Waals surface area contributed by atoms with Gasteiger partial charge in [0.15, 0.2) is 5.82 Å². The number of nitrogen functional groups attached to an aromatic ring is 1. The van der Waals surface area contributed by atoms with Crippen molar-refractivity contribution in [3.63, 3.8) is 0 Å². The zero-order valence-corrected chi connectivity index (χ0v) is 10.8. The predicted molar refractivity (Wildman–Crippen MR) is 70.7 cm³/mol. The van der Waals surface area contributed by atoms with E-state index in [4.69, 9.17) is 10.3 Å². The van der Waals surface area contributed by atoms with Crippen LogP contribution in [0.3, 0.4) is 0 Å². The maximum Gasteiger partial charge on any atom is 0.258 e. The second kappa shape index (κ2) is 5.23. The Morgan fingerprint density at radius 2 is 2.24 bits per heavy atom. The molecule has 0 fully saturated rings. The lowest BCUT2D eigenvalue weighted by molar-refractivity contribution is 0.425. The molecule has 0 aliphatic heterocycles. The molecule has 1 aromatic carbocycles. The second-order valence-electron chi connectivity index (χ2n) is 3.73. The van der Waals surface area contributed by atoms with Crippen molar-refractivity contribution in [2.24, 2.45) is 0 Å². The van der Waals surface area contributed by atoms with E-state index in [0.29, 0.717) is 5.89 Å². The van der Waals surface area contributed by atoms with Gasteiger partial charge < -0.3 is 10.3 Å². The highest BCUT2D eigenvalue weighted by molar-refractivity contribution is 7.98. The van der Waals surface area contributed by atoms with Gasteiger partial charge in [0.1, 0.15) is 0 Å². The molecule has 2 rings (SSSR count). The van der Waals surface area contributed by atoms with E-state index in [0.717, 1.165) is 34.1 Å². The third-order valence-corrected chi connectivity index (χ3v) is 3.25. The minimum atomic E-state index is 0.564. The van der Waals surface area contributed by atoms with Crippen LogP contribution in [-0.4, -0.2) is 15.9 Å². The first kappa shape index (κ1) is 12.0. The van der Waals surface area contributed by atoms with E-state index in [1.54, 1.807) is 11.8 Å². The lowest BCUT2D eigenvalue weighted by Crippen LogP contribution is -1.89. The molecule has 1 heterocycles. The SMILES string of the molecule is CCSCc1noc(-c2ccc(N)cc2C)n1. The van der Waals surface area contributed by atoms with Gasteiger partial charge in [0, 0.05) is 11.3 Å². The van der Waals surface area contributed by atoms with Crippen LogP contribution in [0.1, 0.15) is 18.3 Å². The van der Waals surface area contributed by atoms with Crippen LogP contribution in [0, 0.1) is 6.92 Å². The van der Waals surface area contributed by atoms with Gasteiger partial charge in [-0.15, -0.1) is 0 Å². The fourth-order valence-corrected chi connectivity index (χ4v) is 2.05. The molecule has 0 radical (unpaired) electrons. The molecular weight excluding hydrogens is 234 g/mol. The van der Waals surface area contributed by atoms with Crippen molar-refractivity contribution in [2.75, 3.05) is 11.5 Å². The molecule has 0 saturated heterocycles. The third kappa shape index (κ3) is 2.79. The van der Waals surface area contributed by atoms with Gasteiger partial charge in [-0.1, -0.05) is 12.1 Å². The van der Waals surface area contributed by atoms with Crippen molar-refractivity contribution >= 4 is 17.4 Å². The highest BCUT2D eigenvalue weighted by Crippen LogP contribution is 2.24. The molecule has 2 aromatic rings. The topological polar surface area (TPSA) is 64.9 Å². The number of nitrogens with zero attached hydrogens (tertiary/aromatic N) is 2. The molecule has 17 heavy (non-hydrogen) atoms. The largest absolute Gasteiger partial charge is 0.399 e. The summed E-state index contributed by atoms with van der Waals surface area (Å²) in [7, 11) is 0. The Morgan fingerprint density at radius 3 is 2.94 bits per heavy atom. The predicted octanol–water partition coefficient (Wildman–Crippen LogP) is 2.88. The Bertz CT molecular complexity index is 510. The molecule has 0 atom stereocenters. The first-order chi connectivity index (χ1) is 8.20.